The molecule has 0 bridgehead atoms. The third-order valence-corrected chi connectivity index (χ3v) is 3.51. The van der Waals surface area contributed by atoms with Crippen molar-refractivity contribution in [2.24, 2.45) is 0 Å². The van der Waals surface area contributed by atoms with E-state index >= 15 is 0 Å². The zero-order valence-corrected chi connectivity index (χ0v) is 13.6. The van der Waals surface area contributed by atoms with Gasteiger partial charge in [-0.3, -0.25) is 4.79 Å². The molecule has 1 aliphatic heterocycles. The lowest BCUT2D eigenvalue weighted by atomic mass is 10.00. The van der Waals surface area contributed by atoms with Gasteiger partial charge in [0.25, 0.3) is 0 Å². The molecule has 5 heteroatoms. The molecule has 1 aromatic rings. The average Bonchev–Trinajstić information content (AvgIpc) is 2.46. The molecular weight excluding hydrogens is 280 g/mol. The van der Waals surface area contributed by atoms with Crippen molar-refractivity contribution < 1.29 is 14.3 Å². The second-order valence-corrected chi connectivity index (χ2v) is 5.85. The summed E-state index contributed by atoms with van der Waals surface area (Å²) in [6, 6.07) is 6.28. The van der Waals surface area contributed by atoms with Gasteiger partial charge in [0.05, 0.1) is 12.7 Å². The molecule has 1 aliphatic rings. The van der Waals surface area contributed by atoms with Gasteiger partial charge in [0, 0.05) is 31.5 Å². The predicted octanol–water partition coefficient (Wildman–Crippen LogP) is 2.41. The van der Waals surface area contributed by atoms with E-state index in [0.717, 1.165) is 43.1 Å². The maximum absolute atomic E-state index is 10.8. The molecule has 1 heterocycles. The van der Waals surface area contributed by atoms with Gasteiger partial charge in [-0.25, -0.2) is 0 Å². The molecule has 0 aliphatic carbocycles. The van der Waals surface area contributed by atoms with Crippen LogP contribution in [0, 0.1) is 0 Å². The number of carbonyl (C=O) groups excluding carboxylic acids is 1. The summed E-state index contributed by atoms with van der Waals surface area (Å²) in [5.74, 6) is 1.83. The van der Waals surface area contributed by atoms with E-state index < -0.39 is 0 Å². The Hall–Kier alpha value is -1.75. The van der Waals surface area contributed by atoms with Gasteiger partial charge in [0.1, 0.15) is 11.5 Å². The molecule has 1 aromatic carbocycles. The second-order valence-electron chi connectivity index (χ2n) is 5.85. The monoisotopic (exact) mass is 306 g/mol. The number of nitrogens with one attached hydrogen (secondary N) is 2. The van der Waals surface area contributed by atoms with Crippen molar-refractivity contribution in [3.63, 3.8) is 0 Å². The number of rotatable bonds is 7. The Kier molecular flexibility index (Phi) is 6.07. The minimum absolute atomic E-state index is 0.0203. The number of ether oxygens (including phenoxy) is 2. The first-order valence-electron chi connectivity index (χ1n) is 7.97. The van der Waals surface area contributed by atoms with Crippen LogP contribution in [0.2, 0.25) is 0 Å². The molecule has 0 fully saturated rings. The molecule has 0 saturated carbocycles. The number of hydrogen-bond acceptors (Lipinski definition) is 4. The SMILES string of the molecule is CC(=O)NCCCNC1CCOc2ccc(OC(C)C)cc21. The summed E-state index contributed by atoms with van der Waals surface area (Å²) < 4.78 is 11.5. The molecule has 22 heavy (non-hydrogen) atoms. The van der Waals surface area contributed by atoms with Crippen molar-refractivity contribution in [3.8, 4) is 11.5 Å². The Morgan fingerprint density at radius 3 is 2.95 bits per heavy atom. The fourth-order valence-corrected chi connectivity index (χ4v) is 2.56. The maximum Gasteiger partial charge on any atom is 0.216 e. The highest BCUT2D eigenvalue weighted by Crippen LogP contribution is 2.35. The van der Waals surface area contributed by atoms with Gasteiger partial charge < -0.3 is 20.1 Å². The smallest absolute Gasteiger partial charge is 0.216 e. The fraction of sp³-hybridized carbons (Fsp3) is 0.588. The summed E-state index contributed by atoms with van der Waals surface area (Å²) in [5, 5.41) is 6.35. The van der Waals surface area contributed by atoms with Crippen molar-refractivity contribution in [2.45, 2.75) is 45.8 Å². The first-order chi connectivity index (χ1) is 10.6. The molecule has 0 saturated heterocycles. The van der Waals surface area contributed by atoms with Crippen LogP contribution in [0.4, 0.5) is 0 Å². The van der Waals surface area contributed by atoms with Crippen molar-refractivity contribution in [1.82, 2.24) is 10.6 Å². The minimum atomic E-state index is 0.0203. The van der Waals surface area contributed by atoms with Crippen molar-refractivity contribution >= 4 is 5.91 Å². The summed E-state index contributed by atoms with van der Waals surface area (Å²) >= 11 is 0. The van der Waals surface area contributed by atoms with Crippen LogP contribution in [-0.2, 0) is 4.79 Å². The van der Waals surface area contributed by atoms with Crippen molar-refractivity contribution in [3.05, 3.63) is 23.8 Å². The quantitative estimate of drug-likeness (QED) is 0.760. The van der Waals surface area contributed by atoms with Gasteiger partial charge in [-0.05, 0) is 45.0 Å². The highest BCUT2D eigenvalue weighted by molar-refractivity contribution is 5.72. The maximum atomic E-state index is 10.8. The highest BCUT2D eigenvalue weighted by Gasteiger charge is 2.21. The van der Waals surface area contributed by atoms with Crippen LogP contribution in [0.25, 0.3) is 0 Å². The molecule has 1 amide bonds. The standard InChI is InChI=1S/C17H26N2O3/c1-12(2)22-14-5-6-17-15(11-14)16(7-10-21-17)19-9-4-8-18-13(3)20/h5-6,11-12,16,19H,4,7-10H2,1-3H3,(H,18,20). The number of hydrogen-bond donors (Lipinski definition) is 2. The van der Waals surface area contributed by atoms with Crippen LogP contribution in [-0.4, -0.2) is 31.7 Å². The van der Waals surface area contributed by atoms with E-state index in [9.17, 15) is 4.79 Å². The first-order valence-corrected chi connectivity index (χ1v) is 7.97. The molecule has 0 spiro atoms. The van der Waals surface area contributed by atoms with Gasteiger partial charge in [-0.2, -0.15) is 0 Å². The summed E-state index contributed by atoms with van der Waals surface area (Å²) in [4.78, 5) is 10.8. The fourth-order valence-electron chi connectivity index (χ4n) is 2.56. The van der Waals surface area contributed by atoms with Gasteiger partial charge in [-0.15, -0.1) is 0 Å². The number of amides is 1. The molecule has 2 rings (SSSR count). The zero-order chi connectivity index (χ0) is 15.9. The summed E-state index contributed by atoms with van der Waals surface area (Å²) in [6.45, 7) is 7.87. The van der Waals surface area contributed by atoms with Crippen LogP contribution in [0.1, 0.15) is 45.2 Å². The number of fused-ring (bicyclic) bond motifs is 1. The van der Waals surface area contributed by atoms with E-state index in [-0.39, 0.29) is 18.1 Å². The Bertz CT molecular complexity index is 503. The minimum Gasteiger partial charge on any atom is -0.493 e. The van der Waals surface area contributed by atoms with Crippen LogP contribution < -0.4 is 20.1 Å². The molecule has 1 atom stereocenters. The lowest BCUT2D eigenvalue weighted by molar-refractivity contribution is -0.118. The van der Waals surface area contributed by atoms with Crippen LogP contribution in [0.3, 0.4) is 0 Å². The van der Waals surface area contributed by atoms with Crippen molar-refractivity contribution in [2.75, 3.05) is 19.7 Å². The van der Waals surface area contributed by atoms with E-state index in [2.05, 4.69) is 16.7 Å². The van der Waals surface area contributed by atoms with E-state index in [1.165, 1.54) is 0 Å². The summed E-state index contributed by atoms with van der Waals surface area (Å²) in [6.07, 6.45) is 2.01. The number of benzene rings is 1. The molecule has 0 radical (unpaired) electrons. The van der Waals surface area contributed by atoms with Gasteiger partial charge >= 0.3 is 0 Å². The second kappa shape index (κ2) is 8.03. The zero-order valence-electron chi connectivity index (χ0n) is 13.6. The molecule has 1 unspecified atom stereocenters. The predicted molar refractivity (Wildman–Crippen MR) is 86.4 cm³/mol. The molecule has 0 aromatic heterocycles. The van der Waals surface area contributed by atoms with E-state index in [1.54, 1.807) is 6.92 Å². The molecule has 5 nitrogen and oxygen atoms in total. The van der Waals surface area contributed by atoms with Crippen LogP contribution in [0.5, 0.6) is 11.5 Å². The van der Waals surface area contributed by atoms with E-state index in [0.29, 0.717) is 6.54 Å². The Morgan fingerprint density at radius 1 is 1.41 bits per heavy atom. The third-order valence-electron chi connectivity index (χ3n) is 3.51. The Morgan fingerprint density at radius 2 is 2.23 bits per heavy atom. The lowest BCUT2D eigenvalue weighted by Crippen LogP contribution is -2.30. The largest absolute Gasteiger partial charge is 0.493 e. The van der Waals surface area contributed by atoms with Crippen LogP contribution in [0.15, 0.2) is 18.2 Å². The third kappa shape index (κ3) is 4.91. The lowest BCUT2D eigenvalue weighted by Gasteiger charge is -2.27. The van der Waals surface area contributed by atoms with Gasteiger partial charge in [0.15, 0.2) is 0 Å². The van der Waals surface area contributed by atoms with E-state index in [4.69, 9.17) is 9.47 Å². The van der Waals surface area contributed by atoms with E-state index in [1.807, 2.05) is 26.0 Å². The number of carbonyl (C=O) groups is 1. The normalized spacial score (nSPS) is 16.8. The highest BCUT2D eigenvalue weighted by atomic mass is 16.5. The summed E-state index contributed by atoms with van der Waals surface area (Å²) in [5.41, 5.74) is 1.16. The summed E-state index contributed by atoms with van der Waals surface area (Å²) in [7, 11) is 0. The Balaban J connectivity index is 1.93. The Labute approximate surface area is 132 Å². The molecular formula is C17H26N2O3. The van der Waals surface area contributed by atoms with Crippen LogP contribution >= 0.6 is 0 Å². The van der Waals surface area contributed by atoms with Crippen molar-refractivity contribution in [1.29, 1.82) is 0 Å². The average molecular weight is 306 g/mol. The molecule has 122 valence electrons. The van der Waals surface area contributed by atoms with Gasteiger partial charge in [0.2, 0.25) is 5.91 Å². The molecule has 2 N–H and O–H groups in total. The van der Waals surface area contributed by atoms with Gasteiger partial charge in [-0.1, -0.05) is 0 Å². The first kappa shape index (κ1) is 16.6. The topological polar surface area (TPSA) is 59.6 Å².